The van der Waals surface area contributed by atoms with Crippen LogP contribution in [0.4, 0.5) is 0 Å². The summed E-state index contributed by atoms with van der Waals surface area (Å²) in [4.78, 5) is 5.18. The Balaban J connectivity index is 1.17. The molecule has 0 amide bonds. The molecule has 0 aliphatic heterocycles. The first kappa shape index (κ1) is 27.2. The van der Waals surface area contributed by atoms with Crippen molar-refractivity contribution in [1.29, 1.82) is 0 Å². The predicted molar refractivity (Wildman–Crippen MR) is 204 cm³/mol. The molecule has 0 atom stereocenters. The number of fused-ring (bicyclic) bond motifs is 7. The second-order valence-corrected chi connectivity index (χ2v) is 13.6. The maximum absolute atomic E-state index is 5.18. The zero-order valence-corrected chi connectivity index (χ0v) is 27.1. The minimum atomic E-state index is 0.933. The van der Waals surface area contributed by atoms with Crippen LogP contribution in [-0.4, -0.2) is 14.1 Å². The number of imidazole rings is 1. The van der Waals surface area contributed by atoms with Gasteiger partial charge >= 0.3 is 0 Å². The van der Waals surface area contributed by atoms with Crippen molar-refractivity contribution in [1.82, 2.24) is 14.1 Å². The van der Waals surface area contributed by atoms with Gasteiger partial charge in [0.2, 0.25) is 0 Å². The fourth-order valence-electron chi connectivity index (χ4n) is 7.43. The largest absolute Gasteiger partial charge is 0.309 e. The predicted octanol–water partition coefficient (Wildman–Crippen LogP) is 12.1. The first-order valence-corrected chi connectivity index (χ1v) is 17.1. The van der Waals surface area contributed by atoms with Gasteiger partial charge in [-0.3, -0.25) is 4.57 Å². The van der Waals surface area contributed by atoms with E-state index in [1.54, 1.807) is 0 Å². The van der Waals surface area contributed by atoms with E-state index in [4.69, 9.17) is 4.98 Å². The number of para-hydroxylation sites is 3. The lowest BCUT2D eigenvalue weighted by Crippen LogP contribution is -1.99. The fourth-order valence-corrected chi connectivity index (χ4v) is 8.66. The molecule has 3 heterocycles. The van der Waals surface area contributed by atoms with E-state index in [1.165, 1.54) is 58.7 Å². The summed E-state index contributed by atoms with van der Waals surface area (Å²) in [6.07, 6.45) is 0. The zero-order valence-electron chi connectivity index (χ0n) is 26.3. The van der Waals surface area contributed by atoms with Crippen LogP contribution in [-0.2, 0) is 0 Å². The average Bonchev–Trinajstić information content (AvgIpc) is 3.81. The Morgan fingerprint density at radius 2 is 1.19 bits per heavy atom. The Labute approximate surface area is 281 Å². The van der Waals surface area contributed by atoms with E-state index < -0.39 is 0 Å². The van der Waals surface area contributed by atoms with Gasteiger partial charge in [-0.15, -0.1) is 11.3 Å². The lowest BCUT2D eigenvalue weighted by molar-refractivity contribution is 1.09. The third kappa shape index (κ3) is 4.09. The molecule has 4 heteroatoms. The summed E-state index contributed by atoms with van der Waals surface area (Å²) in [7, 11) is 0. The summed E-state index contributed by atoms with van der Waals surface area (Å²) in [6, 6.07) is 57.0. The van der Waals surface area contributed by atoms with Crippen molar-refractivity contribution in [2.75, 3.05) is 0 Å². The van der Waals surface area contributed by atoms with Crippen LogP contribution >= 0.6 is 11.3 Å². The van der Waals surface area contributed by atoms with Gasteiger partial charge in [0.15, 0.2) is 0 Å². The monoisotopic (exact) mass is 631 g/mol. The van der Waals surface area contributed by atoms with Gasteiger partial charge in [0.25, 0.3) is 0 Å². The summed E-state index contributed by atoms with van der Waals surface area (Å²) >= 11 is 1.88. The van der Waals surface area contributed by atoms with Gasteiger partial charge in [0.1, 0.15) is 5.82 Å². The summed E-state index contributed by atoms with van der Waals surface area (Å²) in [6.45, 7) is 2.14. The second-order valence-electron chi connectivity index (χ2n) is 12.5. The molecule has 0 spiro atoms. The summed E-state index contributed by atoms with van der Waals surface area (Å²) in [5.41, 5.74) is 11.5. The first-order chi connectivity index (χ1) is 23.7. The van der Waals surface area contributed by atoms with Gasteiger partial charge in [0, 0.05) is 47.9 Å². The first-order valence-electron chi connectivity index (χ1n) is 16.3. The topological polar surface area (TPSA) is 22.8 Å². The van der Waals surface area contributed by atoms with Crippen LogP contribution in [0.3, 0.4) is 0 Å². The number of thiophene rings is 1. The van der Waals surface area contributed by atoms with E-state index in [1.807, 2.05) is 11.3 Å². The minimum absolute atomic E-state index is 0.933. The molecular formula is C44H29N3S. The van der Waals surface area contributed by atoms with E-state index >= 15 is 0 Å². The van der Waals surface area contributed by atoms with Gasteiger partial charge in [-0.25, -0.2) is 4.98 Å². The van der Waals surface area contributed by atoms with Crippen LogP contribution in [0.5, 0.6) is 0 Å². The molecular weight excluding hydrogens is 603 g/mol. The van der Waals surface area contributed by atoms with Gasteiger partial charge in [0.05, 0.1) is 22.1 Å². The van der Waals surface area contributed by atoms with Gasteiger partial charge in [-0.1, -0.05) is 97.1 Å². The molecule has 10 rings (SSSR count). The van der Waals surface area contributed by atoms with Crippen LogP contribution in [0.1, 0.15) is 5.56 Å². The van der Waals surface area contributed by atoms with Crippen molar-refractivity contribution < 1.29 is 0 Å². The maximum Gasteiger partial charge on any atom is 0.145 e. The van der Waals surface area contributed by atoms with Gasteiger partial charge in [-0.2, -0.15) is 0 Å². The number of aromatic nitrogens is 3. The van der Waals surface area contributed by atoms with Crippen LogP contribution < -0.4 is 0 Å². The quantitative estimate of drug-likeness (QED) is 0.189. The van der Waals surface area contributed by atoms with Crippen molar-refractivity contribution >= 4 is 64.3 Å². The average molecular weight is 632 g/mol. The summed E-state index contributed by atoms with van der Waals surface area (Å²) < 4.78 is 7.35. The van der Waals surface area contributed by atoms with Crippen LogP contribution in [0.15, 0.2) is 158 Å². The third-order valence-electron chi connectivity index (χ3n) is 9.57. The molecule has 226 valence electrons. The van der Waals surface area contributed by atoms with Crippen molar-refractivity contribution in [3.63, 3.8) is 0 Å². The highest BCUT2D eigenvalue weighted by Crippen LogP contribution is 2.42. The fraction of sp³-hybridized carbons (Fsp3) is 0.0227. The molecule has 0 radical (unpaired) electrons. The second kappa shape index (κ2) is 10.5. The SMILES string of the molecule is Cc1cccc(-n2c(-c3cccc(-n4c5ccccc5c5cc(-c6cccc7c6sc6ccccc67)ccc54)c3)nc3ccccc32)c1. The van der Waals surface area contributed by atoms with E-state index in [-0.39, 0.29) is 0 Å². The Hall–Kier alpha value is -5.97. The van der Waals surface area contributed by atoms with Crippen molar-refractivity contribution in [3.05, 3.63) is 163 Å². The number of nitrogens with zero attached hydrogens (tertiary/aromatic N) is 3. The normalized spacial score (nSPS) is 11.9. The Morgan fingerprint density at radius 3 is 2.08 bits per heavy atom. The van der Waals surface area contributed by atoms with Crippen LogP contribution in [0, 0.1) is 6.92 Å². The molecule has 0 unspecified atom stereocenters. The molecule has 0 saturated heterocycles. The lowest BCUT2D eigenvalue weighted by atomic mass is 10.0. The highest BCUT2D eigenvalue weighted by molar-refractivity contribution is 7.26. The Bertz CT molecular complexity index is 2870. The molecule has 0 aliphatic rings. The van der Waals surface area contributed by atoms with Crippen LogP contribution in [0.25, 0.3) is 86.9 Å². The molecule has 0 bridgehead atoms. The number of benzene rings is 7. The van der Waals surface area contributed by atoms with Crippen molar-refractivity contribution in [2.24, 2.45) is 0 Å². The molecule has 10 aromatic rings. The standard InChI is InChI=1S/C44H29N3S/c1-28-11-8-13-31(25-28)47-41-21-6-4-19-38(41)45-44(47)30-12-9-14-32(26-30)46-39-20-5-2-15-34(39)37-27-29(23-24-40(37)46)33-17-10-18-36-35-16-3-7-22-42(35)48-43(33)36/h2-27H,1H3. The number of hydrogen-bond donors (Lipinski definition) is 0. The van der Waals surface area contributed by atoms with Crippen LogP contribution in [0.2, 0.25) is 0 Å². The Kier molecular flexibility index (Phi) is 5.96. The third-order valence-corrected chi connectivity index (χ3v) is 10.8. The van der Waals surface area contributed by atoms with E-state index in [0.29, 0.717) is 0 Å². The maximum atomic E-state index is 5.18. The molecule has 48 heavy (non-hydrogen) atoms. The highest BCUT2D eigenvalue weighted by atomic mass is 32.1. The smallest absolute Gasteiger partial charge is 0.145 e. The molecule has 0 fully saturated rings. The minimum Gasteiger partial charge on any atom is -0.309 e. The van der Waals surface area contributed by atoms with Crippen molar-refractivity contribution in [3.8, 4) is 33.9 Å². The summed E-state index contributed by atoms with van der Waals surface area (Å²) in [5, 5.41) is 5.14. The molecule has 3 nitrogen and oxygen atoms in total. The van der Waals surface area contributed by atoms with E-state index in [9.17, 15) is 0 Å². The van der Waals surface area contributed by atoms with E-state index in [0.717, 1.165) is 33.8 Å². The number of aryl methyl sites for hydroxylation is 1. The molecule has 0 aliphatic carbocycles. The van der Waals surface area contributed by atoms with Crippen molar-refractivity contribution in [2.45, 2.75) is 6.92 Å². The Morgan fingerprint density at radius 1 is 0.479 bits per heavy atom. The molecule has 0 N–H and O–H groups in total. The summed E-state index contributed by atoms with van der Waals surface area (Å²) in [5.74, 6) is 0.933. The molecule has 7 aromatic carbocycles. The lowest BCUT2D eigenvalue weighted by Gasteiger charge is -2.13. The van der Waals surface area contributed by atoms with E-state index in [2.05, 4.69) is 174 Å². The van der Waals surface area contributed by atoms with Gasteiger partial charge < -0.3 is 4.57 Å². The highest BCUT2D eigenvalue weighted by Gasteiger charge is 2.18. The molecule has 3 aromatic heterocycles. The van der Waals surface area contributed by atoms with Gasteiger partial charge in [-0.05, 0) is 84.3 Å². The number of rotatable bonds is 4. The molecule has 0 saturated carbocycles. The zero-order chi connectivity index (χ0) is 31.8. The number of hydrogen-bond acceptors (Lipinski definition) is 2.